The number of likely N-dealkylation sites (N-methyl/N-ethyl adjacent to an activating group) is 1. The zero-order chi connectivity index (χ0) is 15.5. The van der Waals surface area contributed by atoms with E-state index < -0.39 is 11.7 Å². The normalized spacial score (nSPS) is 16.8. The summed E-state index contributed by atoms with van der Waals surface area (Å²) in [7, 11) is 1.85. The maximum Gasteiger partial charge on any atom is 0.416 e. The van der Waals surface area contributed by atoms with Gasteiger partial charge in [-0.1, -0.05) is 6.07 Å². The smallest absolute Gasteiger partial charge is 0.399 e. The van der Waals surface area contributed by atoms with Crippen LogP contribution in [0.4, 0.5) is 18.9 Å². The summed E-state index contributed by atoms with van der Waals surface area (Å²) in [6.45, 7) is 4.16. The maximum atomic E-state index is 13.0. The Hall–Kier alpha value is -1.27. The predicted octanol–water partition coefficient (Wildman–Crippen LogP) is 2.82. The molecular formula is C15H22F3N3. The highest BCUT2D eigenvalue weighted by Gasteiger charge is 2.33. The number of nitrogens with zero attached hydrogens (tertiary/aromatic N) is 2. The summed E-state index contributed by atoms with van der Waals surface area (Å²) in [5.74, 6) is 0. The van der Waals surface area contributed by atoms with Gasteiger partial charge in [0.05, 0.1) is 5.56 Å². The van der Waals surface area contributed by atoms with Crippen LogP contribution in [0.15, 0.2) is 18.2 Å². The molecule has 118 valence electrons. The molecule has 0 aromatic heterocycles. The molecule has 1 saturated heterocycles. The Morgan fingerprint density at radius 1 is 1.24 bits per heavy atom. The molecule has 0 spiro atoms. The monoisotopic (exact) mass is 301 g/mol. The number of halogens is 3. The minimum Gasteiger partial charge on any atom is -0.399 e. The Kier molecular flexibility index (Phi) is 5.11. The minimum atomic E-state index is -4.36. The van der Waals surface area contributed by atoms with Gasteiger partial charge in [0.25, 0.3) is 0 Å². The first kappa shape index (κ1) is 16.1. The molecular weight excluding hydrogens is 279 g/mol. The molecule has 0 atom stereocenters. The Balaban J connectivity index is 1.97. The molecule has 1 aromatic rings. The highest BCUT2D eigenvalue weighted by atomic mass is 19.4. The van der Waals surface area contributed by atoms with Crippen LogP contribution in [-0.4, -0.2) is 43.0 Å². The highest BCUT2D eigenvalue weighted by Crippen LogP contribution is 2.33. The SMILES string of the molecule is CN(CCN1CCCC1)Cc1ccc(N)cc1C(F)(F)F. The number of benzene rings is 1. The van der Waals surface area contributed by atoms with E-state index in [0.717, 1.165) is 32.2 Å². The Labute approximate surface area is 123 Å². The first-order valence-corrected chi connectivity index (χ1v) is 7.23. The molecule has 0 aliphatic carbocycles. The van der Waals surface area contributed by atoms with Crippen LogP contribution in [0.25, 0.3) is 0 Å². The van der Waals surface area contributed by atoms with Crippen molar-refractivity contribution in [3.05, 3.63) is 29.3 Å². The fourth-order valence-corrected chi connectivity index (χ4v) is 2.68. The lowest BCUT2D eigenvalue weighted by atomic mass is 10.1. The maximum absolute atomic E-state index is 13.0. The summed E-state index contributed by atoms with van der Waals surface area (Å²) in [6, 6.07) is 4.02. The number of alkyl halides is 3. The van der Waals surface area contributed by atoms with E-state index in [1.54, 1.807) is 0 Å². The summed E-state index contributed by atoms with van der Waals surface area (Å²) >= 11 is 0. The molecule has 6 heteroatoms. The Bertz CT molecular complexity index is 468. The average molecular weight is 301 g/mol. The van der Waals surface area contributed by atoms with Gasteiger partial charge in [-0.15, -0.1) is 0 Å². The van der Waals surface area contributed by atoms with Gasteiger partial charge in [-0.2, -0.15) is 13.2 Å². The number of hydrogen-bond acceptors (Lipinski definition) is 3. The van der Waals surface area contributed by atoms with Crippen molar-refractivity contribution in [2.45, 2.75) is 25.6 Å². The zero-order valence-electron chi connectivity index (χ0n) is 12.3. The fraction of sp³-hybridized carbons (Fsp3) is 0.600. The molecule has 3 nitrogen and oxygen atoms in total. The molecule has 0 saturated carbocycles. The lowest BCUT2D eigenvalue weighted by Crippen LogP contribution is -2.31. The molecule has 1 aromatic carbocycles. The molecule has 1 fully saturated rings. The van der Waals surface area contributed by atoms with Gasteiger partial charge in [-0.25, -0.2) is 0 Å². The summed E-state index contributed by atoms with van der Waals surface area (Å²) in [5.41, 5.74) is 5.27. The van der Waals surface area contributed by atoms with E-state index in [1.165, 1.54) is 25.0 Å². The van der Waals surface area contributed by atoms with Crippen molar-refractivity contribution in [3.63, 3.8) is 0 Å². The molecule has 0 bridgehead atoms. The van der Waals surface area contributed by atoms with Crippen LogP contribution in [0.5, 0.6) is 0 Å². The number of rotatable bonds is 5. The van der Waals surface area contributed by atoms with Gasteiger partial charge in [0.2, 0.25) is 0 Å². The Morgan fingerprint density at radius 3 is 2.52 bits per heavy atom. The topological polar surface area (TPSA) is 32.5 Å². The fourth-order valence-electron chi connectivity index (χ4n) is 2.68. The van der Waals surface area contributed by atoms with Gasteiger partial charge >= 0.3 is 6.18 Å². The number of nitrogens with two attached hydrogens (primary N) is 1. The summed E-state index contributed by atoms with van der Waals surface area (Å²) in [5, 5.41) is 0. The first-order valence-electron chi connectivity index (χ1n) is 7.23. The second-order valence-corrected chi connectivity index (χ2v) is 5.70. The standard InChI is InChI=1S/C15H22F3N3/c1-20(8-9-21-6-2-3-7-21)11-12-4-5-13(19)10-14(12)15(16,17)18/h4-5,10H,2-3,6-9,11,19H2,1H3. The van der Waals surface area contributed by atoms with Crippen LogP contribution in [0.3, 0.4) is 0 Å². The molecule has 1 aliphatic rings. The largest absolute Gasteiger partial charge is 0.416 e. The van der Waals surface area contributed by atoms with Crippen molar-refractivity contribution in [2.24, 2.45) is 0 Å². The molecule has 21 heavy (non-hydrogen) atoms. The lowest BCUT2D eigenvalue weighted by molar-refractivity contribution is -0.138. The van der Waals surface area contributed by atoms with Crippen LogP contribution in [0, 0.1) is 0 Å². The van der Waals surface area contributed by atoms with E-state index in [1.807, 2.05) is 11.9 Å². The predicted molar refractivity (Wildman–Crippen MR) is 77.9 cm³/mol. The van der Waals surface area contributed by atoms with E-state index in [0.29, 0.717) is 0 Å². The van der Waals surface area contributed by atoms with Gasteiger partial charge in [-0.3, -0.25) is 0 Å². The molecule has 0 unspecified atom stereocenters. The third-order valence-corrected chi connectivity index (χ3v) is 3.88. The zero-order valence-corrected chi connectivity index (χ0v) is 12.3. The lowest BCUT2D eigenvalue weighted by Gasteiger charge is -2.23. The molecule has 0 amide bonds. The van der Waals surface area contributed by atoms with Gasteiger partial charge in [0.1, 0.15) is 0 Å². The average Bonchev–Trinajstić information content (AvgIpc) is 2.90. The van der Waals surface area contributed by atoms with Crippen molar-refractivity contribution in [1.29, 1.82) is 0 Å². The highest BCUT2D eigenvalue weighted by molar-refractivity contribution is 5.46. The summed E-state index contributed by atoms with van der Waals surface area (Å²) in [4.78, 5) is 4.28. The minimum absolute atomic E-state index is 0.144. The molecule has 2 rings (SSSR count). The number of nitrogen functional groups attached to an aromatic ring is 1. The van der Waals surface area contributed by atoms with E-state index in [-0.39, 0.29) is 17.8 Å². The third-order valence-electron chi connectivity index (χ3n) is 3.88. The van der Waals surface area contributed by atoms with Crippen LogP contribution >= 0.6 is 0 Å². The van der Waals surface area contributed by atoms with Gasteiger partial charge in [-0.05, 0) is 50.7 Å². The first-order chi connectivity index (χ1) is 9.86. The second kappa shape index (κ2) is 6.66. The van der Waals surface area contributed by atoms with E-state index >= 15 is 0 Å². The van der Waals surface area contributed by atoms with Crippen molar-refractivity contribution in [2.75, 3.05) is 39.0 Å². The van der Waals surface area contributed by atoms with Crippen LogP contribution in [0.1, 0.15) is 24.0 Å². The third kappa shape index (κ3) is 4.61. The molecule has 0 radical (unpaired) electrons. The van der Waals surface area contributed by atoms with Gasteiger partial charge in [0, 0.05) is 25.3 Å². The van der Waals surface area contributed by atoms with Crippen molar-refractivity contribution in [1.82, 2.24) is 9.80 Å². The van der Waals surface area contributed by atoms with Crippen LogP contribution < -0.4 is 5.73 Å². The molecule has 2 N–H and O–H groups in total. The van der Waals surface area contributed by atoms with Crippen molar-refractivity contribution < 1.29 is 13.2 Å². The van der Waals surface area contributed by atoms with Crippen LogP contribution in [0.2, 0.25) is 0 Å². The molecule has 1 heterocycles. The summed E-state index contributed by atoms with van der Waals surface area (Å²) in [6.07, 6.45) is -1.92. The second-order valence-electron chi connectivity index (χ2n) is 5.70. The quantitative estimate of drug-likeness (QED) is 0.849. The number of hydrogen-bond donors (Lipinski definition) is 1. The van der Waals surface area contributed by atoms with Crippen LogP contribution in [-0.2, 0) is 12.7 Å². The van der Waals surface area contributed by atoms with Crippen molar-refractivity contribution in [3.8, 4) is 0 Å². The Morgan fingerprint density at radius 2 is 1.90 bits per heavy atom. The number of likely N-dealkylation sites (tertiary alicyclic amines) is 1. The molecule has 1 aliphatic heterocycles. The van der Waals surface area contributed by atoms with Crippen molar-refractivity contribution >= 4 is 5.69 Å². The van der Waals surface area contributed by atoms with Gasteiger partial charge < -0.3 is 15.5 Å². The van der Waals surface area contributed by atoms with E-state index in [4.69, 9.17) is 5.73 Å². The van der Waals surface area contributed by atoms with E-state index in [2.05, 4.69) is 4.90 Å². The van der Waals surface area contributed by atoms with E-state index in [9.17, 15) is 13.2 Å². The number of anilines is 1. The van der Waals surface area contributed by atoms with Gasteiger partial charge in [0.15, 0.2) is 0 Å². The summed E-state index contributed by atoms with van der Waals surface area (Å²) < 4.78 is 39.1.